The minimum atomic E-state index is -0.541. The van der Waals surface area contributed by atoms with E-state index in [0.717, 1.165) is 11.1 Å². The molecule has 0 aliphatic carbocycles. The van der Waals surface area contributed by atoms with Crippen molar-refractivity contribution >= 4 is 22.6 Å². The molecule has 0 amide bonds. The molecule has 3 aromatic carbocycles. The van der Waals surface area contributed by atoms with Crippen molar-refractivity contribution < 1.29 is 9.59 Å². The van der Waals surface area contributed by atoms with Crippen LogP contribution in [0.2, 0.25) is 0 Å². The molecule has 0 radical (unpaired) electrons. The van der Waals surface area contributed by atoms with E-state index in [9.17, 15) is 9.59 Å². The maximum Gasteiger partial charge on any atom is 0.252 e. The van der Waals surface area contributed by atoms with Crippen LogP contribution in [0.15, 0.2) is 78.9 Å². The number of hydrogen-bond donors (Lipinski definition) is 0. The molecule has 0 fully saturated rings. The van der Waals surface area contributed by atoms with Gasteiger partial charge in [0.15, 0.2) is 5.78 Å². The molecule has 0 spiro atoms. The van der Waals surface area contributed by atoms with Gasteiger partial charge in [-0.1, -0.05) is 42.2 Å². The first-order valence-corrected chi connectivity index (χ1v) is 8.03. The monoisotopic (exact) mass is 344 g/mol. The Morgan fingerprint density at radius 2 is 1.04 bits per heavy atom. The first-order valence-electron chi connectivity index (χ1n) is 7.65. The van der Waals surface area contributed by atoms with E-state index in [1.165, 1.54) is 0 Å². The number of carbonyl (C=O) groups is 2. The smallest absolute Gasteiger partial charge is 0.252 e. The van der Waals surface area contributed by atoms with Crippen LogP contribution in [0.4, 0.5) is 0 Å². The van der Waals surface area contributed by atoms with Crippen molar-refractivity contribution in [1.82, 2.24) is 0 Å². The van der Waals surface area contributed by atoms with E-state index in [2.05, 4.69) is 11.8 Å². The minimum absolute atomic E-state index is 0.115. The Bertz CT molecular complexity index is 961. The highest BCUT2D eigenvalue weighted by molar-refractivity contribution is 6.67. The zero-order valence-corrected chi connectivity index (χ0v) is 14.0. The molecule has 0 saturated heterocycles. The summed E-state index contributed by atoms with van der Waals surface area (Å²) in [6.45, 7) is 0. The standard InChI is InChI=1S/C22H13ClO2/c23-22(25)20-14-12-19(13-15-20)21(24)18-10-8-17(9-11-18)7-6-16-4-2-1-3-5-16/h1-5,8-15H. The van der Waals surface area contributed by atoms with Crippen LogP contribution in [0.1, 0.15) is 37.4 Å². The lowest BCUT2D eigenvalue weighted by Crippen LogP contribution is -2.01. The van der Waals surface area contributed by atoms with Gasteiger partial charge in [-0.05, 0) is 60.1 Å². The Hall–Kier alpha value is -3.15. The summed E-state index contributed by atoms with van der Waals surface area (Å²) in [7, 11) is 0. The van der Waals surface area contributed by atoms with E-state index >= 15 is 0 Å². The molecule has 0 aliphatic rings. The average molecular weight is 345 g/mol. The van der Waals surface area contributed by atoms with Gasteiger partial charge in [-0.15, -0.1) is 0 Å². The summed E-state index contributed by atoms with van der Waals surface area (Å²) in [5.41, 5.74) is 3.21. The van der Waals surface area contributed by atoms with Gasteiger partial charge in [0, 0.05) is 27.8 Å². The third-order valence-electron chi connectivity index (χ3n) is 3.65. The minimum Gasteiger partial charge on any atom is -0.289 e. The molecule has 0 saturated carbocycles. The highest BCUT2D eigenvalue weighted by Gasteiger charge is 2.10. The molecular formula is C22H13ClO2. The van der Waals surface area contributed by atoms with Crippen LogP contribution in [0.3, 0.4) is 0 Å². The van der Waals surface area contributed by atoms with Crippen molar-refractivity contribution in [3.63, 3.8) is 0 Å². The summed E-state index contributed by atoms with van der Waals surface area (Å²) in [5, 5.41) is -0.541. The number of rotatable bonds is 3. The second-order valence-corrected chi connectivity index (χ2v) is 5.72. The summed E-state index contributed by atoms with van der Waals surface area (Å²) in [6, 6.07) is 23.1. The molecular weight excluding hydrogens is 332 g/mol. The van der Waals surface area contributed by atoms with Crippen molar-refractivity contribution in [2.45, 2.75) is 0 Å². The third kappa shape index (κ3) is 4.23. The lowest BCUT2D eigenvalue weighted by Gasteiger charge is -2.02. The van der Waals surface area contributed by atoms with Crippen LogP contribution in [0.5, 0.6) is 0 Å². The molecule has 0 bridgehead atoms. The van der Waals surface area contributed by atoms with Gasteiger partial charge in [-0.3, -0.25) is 9.59 Å². The van der Waals surface area contributed by atoms with E-state index in [1.807, 2.05) is 42.5 Å². The molecule has 0 aliphatic heterocycles. The fourth-order valence-electron chi connectivity index (χ4n) is 2.29. The molecule has 3 aromatic rings. The lowest BCUT2D eigenvalue weighted by molar-refractivity contribution is 0.103. The van der Waals surface area contributed by atoms with Crippen LogP contribution >= 0.6 is 11.6 Å². The van der Waals surface area contributed by atoms with Crippen molar-refractivity contribution in [2.24, 2.45) is 0 Å². The number of hydrogen-bond acceptors (Lipinski definition) is 2. The SMILES string of the molecule is O=C(Cl)c1ccc(C(=O)c2ccc(C#Cc3ccccc3)cc2)cc1. The average Bonchev–Trinajstić information content (AvgIpc) is 2.67. The summed E-state index contributed by atoms with van der Waals surface area (Å²) in [6.07, 6.45) is 0. The van der Waals surface area contributed by atoms with Crippen molar-refractivity contribution in [2.75, 3.05) is 0 Å². The fraction of sp³-hybridized carbons (Fsp3) is 0. The number of benzene rings is 3. The molecule has 3 rings (SSSR count). The first kappa shape index (κ1) is 16.7. The Morgan fingerprint density at radius 3 is 1.56 bits per heavy atom. The maximum atomic E-state index is 12.5. The Labute approximate surface area is 151 Å². The molecule has 0 atom stereocenters. The van der Waals surface area contributed by atoms with E-state index < -0.39 is 5.24 Å². The van der Waals surface area contributed by atoms with Gasteiger partial charge in [0.25, 0.3) is 5.24 Å². The summed E-state index contributed by atoms with van der Waals surface area (Å²) in [5.74, 6) is 6.04. The maximum absolute atomic E-state index is 12.5. The first-order chi connectivity index (χ1) is 12.1. The highest BCUT2D eigenvalue weighted by Crippen LogP contribution is 2.13. The predicted octanol–water partition coefficient (Wildman–Crippen LogP) is 4.70. The fourth-order valence-corrected chi connectivity index (χ4v) is 2.42. The molecule has 2 nitrogen and oxygen atoms in total. The lowest BCUT2D eigenvalue weighted by atomic mass is 10.0. The second-order valence-electron chi connectivity index (χ2n) is 5.37. The Kier molecular flexibility index (Phi) is 5.09. The normalized spacial score (nSPS) is 9.80. The molecule has 0 heterocycles. The van der Waals surface area contributed by atoms with E-state index in [1.54, 1.807) is 36.4 Å². The van der Waals surface area contributed by atoms with E-state index in [4.69, 9.17) is 11.6 Å². The van der Waals surface area contributed by atoms with Gasteiger partial charge in [-0.2, -0.15) is 0 Å². The van der Waals surface area contributed by atoms with Crippen LogP contribution in [-0.2, 0) is 0 Å². The van der Waals surface area contributed by atoms with E-state index in [0.29, 0.717) is 16.7 Å². The van der Waals surface area contributed by atoms with E-state index in [-0.39, 0.29) is 5.78 Å². The van der Waals surface area contributed by atoms with Crippen LogP contribution < -0.4 is 0 Å². The van der Waals surface area contributed by atoms with Gasteiger partial charge in [0.05, 0.1) is 0 Å². The Balaban J connectivity index is 1.77. The number of ketones is 1. The second kappa shape index (κ2) is 7.61. The van der Waals surface area contributed by atoms with Gasteiger partial charge in [0.1, 0.15) is 0 Å². The predicted molar refractivity (Wildman–Crippen MR) is 98.9 cm³/mol. The van der Waals surface area contributed by atoms with Gasteiger partial charge in [-0.25, -0.2) is 0 Å². The Morgan fingerprint density at radius 1 is 0.600 bits per heavy atom. The molecule has 120 valence electrons. The van der Waals surface area contributed by atoms with Crippen LogP contribution in [-0.4, -0.2) is 11.0 Å². The number of carbonyl (C=O) groups excluding carboxylic acids is 2. The van der Waals surface area contributed by atoms with Gasteiger partial charge >= 0.3 is 0 Å². The third-order valence-corrected chi connectivity index (χ3v) is 3.86. The van der Waals surface area contributed by atoms with Crippen molar-refractivity contribution in [1.29, 1.82) is 0 Å². The topological polar surface area (TPSA) is 34.1 Å². The largest absolute Gasteiger partial charge is 0.289 e. The quantitative estimate of drug-likeness (QED) is 0.392. The number of halogens is 1. The van der Waals surface area contributed by atoms with Gasteiger partial charge < -0.3 is 0 Å². The highest BCUT2D eigenvalue weighted by atomic mass is 35.5. The van der Waals surface area contributed by atoms with Gasteiger partial charge in [0.2, 0.25) is 0 Å². The summed E-state index contributed by atoms with van der Waals surface area (Å²) >= 11 is 5.41. The zero-order valence-electron chi connectivity index (χ0n) is 13.2. The van der Waals surface area contributed by atoms with Crippen molar-refractivity contribution in [3.05, 3.63) is 107 Å². The molecule has 25 heavy (non-hydrogen) atoms. The molecule has 3 heteroatoms. The van der Waals surface area contributed by atoms with Crippen LogP contribution in [0.25, 0.3) is 0 Å². The summed E-state index contributed by atoms with van der Waals surface area (Å²) < 4.78 is 0. The van der Waals surface area contributed by atoms with Crippen LogP contribution in [0, 0.1) is 11.8 Å². The zero-order chi connectivity index (χ0) is 17.6. The molecule has 0 N–H and O–H groups in total. The molecule has 0 unspecified atom stereocenters. The molecule has 0 aromatic heterocycles. The summed E-state index contributed by atoms with van der Waals surface area (Å²) in [4.78, 5) is 23.5. The van der Waals surface area contributed by atoms with Crippen molar-refractivity contribution in [3.8, 4) is 11.8 Å².